The molecule has 0 spiro atoms. The van der Waals surface area contributed by atoms with Gasteiger partial charge in [0.05, 0.1) is 0 Å². The van der Waals surface area contributed by atoms with E-state index in [0.29, 0.717) is 11.7 Å². The van der Waals surface area contributed by atoms with Crippen LogP contribution in [0.1, 0.15) is 13.8 Å². The Hall–Kier alpha value is -1.83. The molecule has 16 heavy (non-hydrogen) atoms. The molecule has 1 heterocycles. The zero-order valence-corrected chi connectivity index (χ0v) is 10.2. The third kappa shape index (κ3) is 3.09. The zero-order valence-electron chi connectivity index (χ0n) is 10.2. The molecule has 0 radical (unpaired) electrons. The van der Waals surface area contributed by atoms with Gasteiger partial charge in [-0.25, -0.2) is 9.97 Å². The minimum atomic E-state index is 0.567. The molecule has 0 saturated carbocycles. The first-order chi connectivity index (χ1) is 7.54. The summed E-state index contributed by atoms with van der Waals surface area (Å²) in [5.41, 5.74) is 0. The number of aromatic nitrogens is 2. The molecular weight excluding hydrogens is 202 g/mol. The predicted molar refractivity (Wildman–Crippen MR) is 64.2 cm³/mol. The first-order valence-electron chi connectivity index (χ1n) is 5.21. The van der Waals surface area contributed by atoms with Crippen molar-refractivity contribution in [3.8, 4) is 6.19 Å². The molecule has 0 fully saturated rings. The van der Waals surface area contributed by atoms with E-state index < -0.39 is 0 Å². The van der Waals surface area contributed by atoms with Crippen LogP contribution in [0.25, 0.3) is 0 Å². The number of anilines is 2. The molecule has 1 aromatic heterocycles. The Labute approximate surface area is 96.3 Å². The van der Waals surface area contributed by atoms with E-state index in [4.69, 9.17) is 5.26 Å². The Morgan fingerprint density at radius 1 is 1.31 bits per heavy atom. The molecule has 0 aliphatic rings. The summed E-state index contributed by atoms with van der Waals surface area (Å²) in [6.45, 7) is 5.23. The lowest BCUT2D eigenvalue weighted by Gasteiger charge is -2.21. The maximum Gasteiger partial charge on any atom is 0.185 e. The second-order valence-corrected chi connectivity index (χ2v) is 4.17. The molecule has 0 bridgehead atoms. The summed E-state index contributed by atoms with van der Waals surface area (Å²) in [7, 11) is 3.66. The van der Waals surface area contributed by atoms with E-state index >= 15 is 0 Å². The Balaban J connectivity index is 2.86. The summed E-state index contributed by atoms with van der Waals surface area (Å²) in [6.07, 6.45) is 3.49. The van der Waals surface area contributed by atoms with Crippen LogP contribution in [0.2, 0.25) is 0 Å². The fourth-order valence-corrected chi connectivity index (χ4v) is 1.42. The Morgan fingerprint density at radius 2 is 1.94 bits per heavy atom. The van der Waals surface area contributed by atoms with E-state index in [1.807, 2.05) is 19.3 Å². The van der Waals surface area contributed by atoms with E-state index in [-0.39, 0.29) is 0 Å². The minimum Gasteiger partial charge on any atom is -0.359 e. The Kier molecular flexibility index (Phi) is 4.06. The number of nitrogens with zero attached hydrogens (tertiary/aromatic N) is 5. The lowest BCUT2D eigenvalue weighted by atomic mass is 10.2. The molecule has 0 saturated heterocycles. The van der Waals surface area contributed by atoms with Crippen molar-refractivity contribution >= 4 is 11.6 Å². The molecule has 0 N–H and O–H groups in total. The van der Waals surface area contributed by atoms with Gasteiger partial charge in [0.2, 0.25) is 0 Å². The highest BCUT2D eigenvalue weighted by Gasteiger charge is 2.08. The topological polar surface area (TPSA) is 56.0 Å². The lowest BCUT2D eigenvalue weighted by Crippen LogP contribution is -2.24. The first-order valence-corrected chi connectivity index (χ1v) is 5.21. The van der Waals surface area contributed by atoms with Gasteiger partial charge in [0, 0.05) is 26.7 Å². The van der Waals surface area contributed by atoms with E-state index in [0.717, 1.165) is 12.4 Å². The maximum atomic E-state index is 8.77. The van der Waals surface area contributed by atoms with Gasteiger partial charge in [0.1, 0.15) is 18.0 Å². The summed E-state index contributed by atoms with van der Waals surface area (Å²) >= 11 is 0. The smallest absolute Gasteiger partial charge is 0.185 e. The largest absolute Gasteiger partial charge is 0.359 e. The third-order valence-corrected chi connectivity index (χ3v) is 2.16. The number of hydrogen-bond donors (Lipinski definition) is 0. The van der Waals surface area contributed by atoms with Gasteiger partial charge >= 0.3 is 0 Å². The van der Waals surface area contributed by atoms with Crippen LogP contribution in [0.4, 0.5) is 11.6 Å². The van der Waals surface area contributed by atoms with Crippen molar-refractivity contribution in [1.82, 2.24) is 9.97 Å². The van der Waals surface area contributed by atoms with Gasteiger partial charge < -0.3 is 4.90 Å². The summed E-state index contributed by atoms with van der Waals surface area (Å²) in [5.74, 6) is 2.01. The highest BCUT2D eigenvalue weighted by molar-refractivity contribution is 5.51. The fraction of sp³-hybridized carbons (Fsp3) is 0.545. The normalized spacial score (nSPS) is 10.0. The van der Waals surface area contributed by atoms with Gasteiger partial charge in [-0.15, -0.1) is 0 Å². The molecule has 0 aliphatic carbocycles. The molecule has 5 heteroatoms. The molecule has 0 amide bonds. The van der Waals surface area contributed by atoms with Crippen LogP contribution in [0.5, 0.6) is 0 Å². The van der Waals surface area contributed by atoms with Gasteiger partial charge in [-0.05, 0) is 5.92 Å². The first kappa shape index (κ1) is 12.2. The van der Waals surface area contributed by atoms with Crippen molar-refractivity contribution in [2.45, 2.75) is 13.8 Å². The van der Waals surface area contributed by atoms with Crippen LogP contribution in [0, 0.1) is 17.4 Å². The number of nitriles is 1. The van der Waals surface area contributed by atoms with E-state index in [2.05, 4.69) is 28.7 Å². The van der Waals surface area contributed by atoms with Gasteiger partial charge in [-0.1, -0.05) is 13.8 Å². The van der Waals surface area contributed by atoms with Crippen LogP contribution < -0.4 is 9.80 Å². The van der Waals surface area contributed by atoms with Gasteiger partial charge in [-0.3, -0.25) is 4.90 Å². The predicted octanol–water partition coefficient (Wildman–Crippen LogP) is 1.49. The van der Waals surface area contributed by atoms with E-state index in [1.54, 1.807) is 7.05 Å². The molecule has 0 aromatic carbocycles. The Morgan fingerprint density at radius 3 is 2.50 bits per heavy atom. The van der Waals surface area contributed by atoms with Crippen molar-refractivity contribution in [2.24, 2.45) is 5.92 Å². The van der Waals surface area contributed by atoms with Crippen LogP contribution in [-0.2, 0) is 0 Å². The van der Waals surface area contributed by atoms with E-state index in [9.17, 15) is 0 Å². The van der Waals surface area contributed by atoms with Gasteiger partial charge in [0.25, 0.3) is 0 Å². The second-order valence-electron chi connectivity index (χ2n) is 4.17. The van der Waals surface area contributed by atoms with E-state index in [1.165, 1.54) is 11.2 Å². The van der Waals surface area contributed by atoms with Crippen molar-refractivity contribution < 1.29 is 0 Å². The van der Waals surface area contributed by atoms with Crippen molar-refractivity contribution in [3.63, 3.8) is 0 Å². The quantitative estimate of drug-likeness (QED) is 0.567. The minimum absolute atomic E-state index is 0.567. The summed E-state index contributed by atoms with van der Waals surface area (Å²) in [4.78, 5) is 11.7. The fourth-order valence-electron chi connectivity index (χ4n) is 1.42. The van der Waals surface area contributed by atoms with Crippen molar-refractivity contribution in [2.75, 3.05) is 30.4 Å². The molecular formula is C11H17N5. The Bertz CT molecular complexity index is 382. The average molecular weight is 219 g/mol. The third-order valence-electron chi connectivity index (χ3n) is 2.16. The molecule has 1 rings (SSSR count). The van der Waals surface area contributed by atoms with Crippen LogP contribution in [0.3, 0.4) is 0 Å². The highest BCUT2D eigenvalue weighted by atomic mass is 15.2. The monoisotopic (exact) mass is 219 g/mol. The SMILES string of the molecule is CC(C)CN(C)c1cc(N(C)C#N)ncn1. The molecule has 0 atom stereocenters. The van der Waals surface area contributed by atoms with Crippen molar-refractivity contribution in [3.05, 3.63) is 12.4 Å². The lowest BCUT2D eigenvalue weighted by molar-refractivity contribution is 0.634. The maximum absolute atomic E-state index is 8.77. The van der Waals surface area contributed by atoms with Gasteiger partial charge in [-0.2, -0.15) is 5.26 Å². The molecule has 86 valence electrons. The number of hydrogen-bond acceptors (Lipinski definition) is 5. The van der Waals surface area contributed by atoms with Crippen LogP contribution in [-0.4, -0.2) is 30.6 Å². The molecule has 1 aromatic rings. The second kappa shape index (κ2) is 5.31. The summed E-state index contributed by atoms with van der Waals surface area (Å²) in [6, 6.07) is 1.81. The standard InChI is InChI=1S/C11H17N5/c1-9(2)6-15(3)10-5-11(14-8-13-10)16(4)7-12/h5,8-9H,6H2,1-4H3. The van der Waals surface area contributed by atoms with Crippen molar-refractivity contribution in [1.29, 1.82) is 5.26 Å². The van der Waals surface area contributed by atoms with Crippen LogP contribution in [0.15, 0.2) is 12.4 Å². The zero-order chi connectivity index (χ0) is 12.1. The molecule has 0 aliphatic heterocycles. The average Bonchev–Trinajstić information content (AvgIpc) is 2.27. The summed E-state index contributed by atoms with van der Waals surface area (Å²) in [5, 5.41) is 8.77. The number of rotatable bonds is 4. The molecule has 0 unspecified atom stereocenters. The van der Waals surface area contributed by atoms with Crippen LogP contribution >= 0.6 is 0 Å². The van der Waals surface area contributed by atoms with Gasteiger partial charge in [0.15, 0.2) is 6.19 Å². The molecule has 5 nitrogen and oxygen atoms in total. The summed E-state index contributed by atoms with van der Waals surface area (Å²) < 4.78 is 0. The highest BCUT2D eigenvalue weighted by Crippen LogP contribution is 2.15.